The third-order valence-corrected chi connectivity index (χ3v) is 9.36. The fraction of sp³-hybridized carbons (Fsp3) is 0.731. The molecule has 0 radical (unpaired) electrons. The maximum Gasteiger partial charge on any atom is 0.306 e. The smallest absolute Gasteiger partial charge is 0.306 e. The molecule has 9 atom stereocenters. The van der Waals surface area contributed by atoms with Crippen LogP contribution in [0.15, 0.2) is 23.6 Å². The van der Waals surface area contributed by atoms with Crippen molar-refractivity contribution >= 4 is 17.5 Å². The number of esters is 1. The number of hydrogen-bond donors (Lipinski definition) is 1. The van der Waals surface area contributed by atoms with Crippen molar-refractivity contribution in [3.8, 4) is 0 Å². The van der Waals surface area contributed by atoms with E-state index in [2.05, 4.69) is 0 Å². The lowest BCUT2D eigenvalue weighted by Gasteiger charge is -2.60. The van der Waals surface area contributed by atoms with Crippen LogP contribution in [0.5, 0.6) is 0 Å². The second kappa shape index (κ2) is 8.32. The van der Waals surface area contributed by atoms with Gasteiger partial charge < -0.3 is 9.84 Å². The van der Waals surface area contributed by atoms with E-state index >= 15 is 4.39 Å². The first-order valence-electron chi connectivity index (χ1n) is 12.2. The maximum atomic E-state index is 15.5. The molecule has 0 saturated heterocycles. The lowest BCUT2D eigenvalue weighted by atomic mass is 9.45. The van der Waals surface area contributed by atoms with Crippen LogP contribution in [0.25, 0.3) is 0 Å². The minimum absolute atomic E-state index is 0.0115. The molecule has 0 aromatic heterocycles. The van der Waals surface area contributed by atoms with E-state index in [4.69, 9.17) is 4.74 Å². The van der Waals surface area contributed by atoms with Crippen LogP contribution in [-0.2, 0) is 19.1 Å². The van der Waals surface area contributed by atoms with Crippen molar-refractivity contribution in [2.75, 3.05) is 6.67 Å². The van der Waals surface area contributed by atoms with Gasteiger partial charge in [-0.15, -0.1) is 0 Å². The molecule has 8 heteroatoms. The van der Waals surface area contributed by atoms with E-state index in [-0.39, 0.29) is 30.8 Å². The molecule has 3 saturated carbocycles. The Morgan fingerprint density at radius 3 is 2.56 bits per heavy atom. The number of hydrogen-bond acceptors (Lipinski definition) is 5. The second-order valence-corrected chi connectivity index (χ2v) is 11.0. The fourth-order valence-electron chi connectivity index (χ4n) is 8.15. The van der Waals surface area contributed by atoms with Crippen molar-refractivity contribution in [3.63, 3.8) is 0 Å². The summed E-state index contributed by atoms with van der Waals surface area (Å²) < 4.78 is 50.1. The first-order valence-corrected chi connectivity index (χ1v) is 12.2. The van der Waals surface area contributed by atoms with Gasteiger partial charge >= 0.3 is 5.97 Å². The zero-order valence-electron chi connectivity index (χ0n) is 20.1. The van der Waals surface area contributed by atoms with Gasteiger partial charge in [-0.05, 0) is 43.6 Å². The van der Waals surface area contributed by atoms with Crippen LogP contribution in [0.3, 0.4) is 0 Å². The molecule has 0 bridgehead atoms. The average Bonchev–Trinajstić information content (AvgIpc) is 2.97. The largest absolute Gasteiger partial charge is 0.450 e. The Morgan fingerprint density at radius 1 is 1.26 bits per heavy atom. The highest BCUT2D eigenvalue weighted by Crippen LogP contribution is 2.69. The van der Waals surface area contributed by atoms with Crippen LogP contribution in [-0.4, -0.2) is 47.2 Å². The summed E-state index contributed by atoms with van der Waals surface area (Å²) in [5.74, 6) is -5.42. The molecule has 0 unspecified atom stereocenters. The Labute approximate surface area is 197 Å². The van der Waals surface area contributed by atoms with Crippen molar-refractivity contribution in [1.82, 2.24) is 0 Å². The number of carbonyl (C=O) groups is 3. The number of halogens is 3. The van der Waals surface area contributed by atoms with Gasteiger partial charge in [0.25, 0.3) is 0 Å². The van der Waals surface area contributed by atoms with E-state index in [1.807, 2.05) is 0 Å². The van der Waals surface area contributed by atoms with Crippen molar-refractivity contribution < 1.29 is 37.4 Å². The monoisotopic (exact) mass is 482 g/mol. The summed E-state index contributed by atoms with van der Waals surface area (Å²) >= 11 is 0. The molecule has 34 heavy (non-hydrogen) atoms. The van der Waals surface area contributed by atoms with Crippen LogP contribution in [0.2, 0.25) is 0 Å². The van der Waals surface area contributed by atoms with Gasteiger partial charge in [0.1, 0.15) is 6.17 Å². The number of allylic oxidation sites excluding steroid dienone is 4. The van der Waals surface area contributed by atoms with Crippen LogP contribution in [0.4, 0.5) is 13.2 Å². The van der Waals surface area contributed by atoms with Crippen LogP contribution in [0, 0.1) is 34.5 Å². The first kappa shape index (κ1) is 25.1. The summed E-state index contributed by atoms with van der Waals surface area (Å²) in [4.78, 5) is 37.7. The van der Waals surface area contributed by atoms with Gasteiger partial charge in [-0.2, -0.15) is 0 Å². The van der Waals surface area contributed by atoms with E-state index in [9.17, 15) is 28.3 Å². The first-order chi connectivity index (χ1) is 15.9. The average molecular weight is 483 g/mol. The summed E-state index contributed by atoms with van der Waals surface area (Å²) in [7, 11) is 0. The van der Waals surface area contributed by atoms with Gasteiger partial charge in [0, 0.05) is 34.7 Å². The van der Waals surface area contributed by atoms with E-state index in [0.29, 0.717) is 12.8 Å². The van der Waals surface area contributed by atoms with Crippen LogP contribution in [0.1, 0.15) is 59.8 Å². The molecule has 5 nitrogen and oxygen atoms in total. The Balaban J connectivity index is 1.83. The SMILES string of the molecule is CCCC(=O)O[C@@]1(C(=O)CF)[C@@H](C)C[C@H]2[C@@H]3C[C@H](F)C4=C(F)C(=O)C=C[C@]4(C)[C@H]3[C@@H](O)C[C@@]21C. The van der Waals surface area contributed by atoms with E-state index < -0.39 is 76.5 Å². The van der Waals surface area contributed by atoms with Gasteiger partial charge in [-0.3, -0.25) is 14.4 Å². The molecule has 1 N–H and O–H groups in total. The highest BCUT2D eigenvalue weighted by atomic mass is 19.1. The summed E-state index contributed by atoms with van der Waals surface area (Å²) in [5, 5.41) is 11.4. The molecule has 4 aliphatic rings. The summed E-state index contributed by atoms with van der Waals surface area (Å²) in [6, 6.07) is 0. The number of fused-ring (bicyclic) bond motifs is 5. The van der Waals surface area contributed by atoms with E-state index in [0.717, 1.165) is 6.08 Å². The number of rotatable bonds is 5. The Hall–Kier alpha value is -1.96. The normalized spacial score (nSPS) is 45.5. The highest BCUT2D eigenvalue weighted by Gasteiger charge is 2.73. The maximum absolute atomic E-state index is 15.5. The minimum atomic E-state index is -1.77. The molecule has 0 spiro atoms. The fourth-order valence-corrected chi connectivity index (χ4v) is 8.15. The van der Waals surface area contributed by atoms with Crippen molar-refractivity contribution in [1.29, 1.82) is 0 Å². The third-order valence-electron chi connectivity index (χ3n) is 9.36. The predicted molar refractivity (Wildman–Crippen MR) is 118 cm³/mol. The number of ether oxygens (including phenoxy) is 1. The van der Waals surface area contributed by atoms with Crippen LogP contribution < -0.4 is 0 Å². The molecular formula is C26H33F3O5. The number of alkyl halides is 2. The zero-order chi connectivity index (χ0) is 25.2. The minimum Gasteiger partial charge on any atom is -0.450 e. The number of Topliss-reactive ketones (excluding diaryl/α,β-unsaturated/α-hetero) is 1. The van der Waals surface area contributed by atoms with Gasteiger partial charge in [0.15, 0.2) is 18.1 Å². The molecule has 0 aliphatic heterocycles. The predicted octanol–water partition coefficient (Wildman–Crippen LogP) is 4.38. The summed E-state index contributed by atoms with van der Waals surface area (Å²) in [6.07, 6.45) is 0.564. The molecule has 3 fully saturated rings. The van der Waals surface area contributed by atoms with Crippen molar-refractivity contribution in [2.24, 2.45) is 34.5 Å². The second-order valence-electron chi connectivity index (χ2n) is 11.0. The van der Waals surface area contributed by atoms with E-state index in [1.165, 1.54) is 6.08 Å². The number of ketones is 2. The molecular weight excluding hydrogens is 449 g/mol. The Kier molecular flexibility index (Phi) is 6.15. The topological polar surface area (TPSA) is 80.7 Å². The highest BCUT2D eigenvalue weighted by molar-refractivity contribution is 6.04. The molecule has 0 amide bonds. The van der Waals surface area contributed by atoms with Crippen molar-refractivity contribution in [3.05, 3.63) is 23.6 Å². The Bertz CT molecular complexity index is 975. The lowest BCUT2D eigenvalue weighted by Crippen LogP contribution is -2.64. The molecule has 188 valence electrons. The van der Waals surface area contributed by atoms with Gasteiger partial charge in [-0.25, -0.2) is 13.2 Å². The summed E-state index contributed by atoms with van der Waals surface area (Å²) in [6.45, 7) is 5.58. The zero-order valence-corrected chi connectivity index (χ0v) is 20.1. The van der Waals surface area contributed by atoms with Crippen LogP contribution >= 0.6 is 0 Å². The molecule has 4 aliphatic carbocycles. The standard InChI is InChI=1S/C26H33F3O5/c1-5-6-20(33)34-26(19(32)12-27)13(2)9-15-14-10-16(28)22-23(29)17(30)7-8-24(22,3)21(14)18(31)11-25(15,26)4/h7-8,13-16,18,21,31H,5-6,9-12H2,1-4H3/t13-,14-,15-,16-,18-,21+,24+,25-,26+/m0/s1. The number of carbonyl (C=O) groups excluding carboxylic acids is 3. The van der Waals surface area contributed by atoms with Gasteiger partial charge in [0.2, 0.25) is 11.6 Å². The molecule has 0 aromatic rings. The number of aliphatic hydroxyl groups is 1. The molecule has 4 rings (SSSR count). The molecule has 0 aromatic carbocycles. The van der Waals surface area contributed by atoms with Gasteiger partial charge in [0.05, 0.1) is 6.10 Å². The lowest BCUT2D eigenvalue weighted by molar-refractivity contribution is -0.205. The van der Waals surface area contributed by atoms with Gasteiger partial charge in [-0.1, -0.05) is 33.8 Å². The quantitative estimate of drug-likeness (QED) is 0.589. The molecule has 0 heterocycles. The van der Waals surface area contributed by atoms with E-state index in [1.54, 1.807) is 27.7 Å². The third kappa shape index (κ3) is 3.12. The number of aliphatic hydroxyl groups excluding tert-OH is 1. The summed E-state index contributed by atoms with van der Waals surface area (Å²) in [5.41, 5.74) is -4.32. The Morgan fingerprint density at radius 2 is 1.94 bits per heavy atom. The van der Waals surface area contributed by atoms with Crippen molar-refractivity contribution in [2.45, 2.75) is 77.7 Å².